The molecule has 0 atom stereocenters. The first-order valence-electron chi connectivity index (χ1n) is 5.94. The van der Waals surface area contributed by atoms with Gasteiger partial charge in [0.05, 0.1) is 4.90 Å². The summed E-state index contributed by atoms with van der Waals surface area (Å²) in [4.78, 5) is 4.26. The molecule has 3 aromatic rings. The molecule has 2 aromatic carbocycles. The molecular formula is C14H11BrN2O2S. The predicted octanol–water partition coefficient (Wildman–Crippen LogP) is 3.34. The standard InChI is InChI=1S/C14H11BrN2O2S/c1-10-16-8-9-17(10)20(18,19)14-7-6-13(15)11-4-2-3-5-12(11)14/h2-9H,1H3. The van der Waals surface area contributed by atoms with Crippen LogP contribution in [0, 0.1) is 6.92 Å². The van der Waals surface area contributed by atoms with Crippen LogP contribution in [-0.2, 0) is 10.0 Å². The van der Waals surface area contributed by atoms with E-state index in [9.17, 15) is 8.42 Å². The number of aromatic nitrogens is 2. The Morgan fingerprint density at radius 1 is 1.10 bits per heavy atom. The fourth-order valence-corrected chi connectivity index (χ4v) is 4.18. The van der Waals surface area contributed by atoms with E-state index in [1.54, 1.807) is 25.1 Å². The zero-order valence-corrected chi connectivity index (χ0v) is 13.0. The zero-order chi connectivity index (χ0) is 14.3. The second kappa shape index (κ2) is 4.71. The molecular weight excluding hydrogens is 340 g/mol. The maximum atomic E-state index is 12.7. The lowest BCUT2D eigenvalue weighted by Crippen LogP contribution is -2.14. The topological polar surface area (TPSA) is 52.0 Å². The fourth-order valence-electron chi connectivity index (χ4n) is 2.19. The Labute approximate surface area is 125 Å². The molecule has 0 unspecified atom stereocenters. The maximum Gasteiger partial charge on any atom is 0.269 e. The lowest BCUT2D eigenvalue weighted by Gasteiger charge is -2.11. The van der Waals surface area contributed by atoms with Gasteiger partial charge in [-0.15, -0.1) is 0 Å². The first-order valence-corrected chi connectivity index (χ1v) is 8.18. The van der Waals surface area contributed by atoms with Gasteiger partial charge in [-0.2, -0.15) is 0 Å². The lowest BCUT2D eigenvalue weighted by molar-refractivity contribution is 0.586. The molecule has 102 valence electrons. The fraction of sp³-hybridized carbons (Fsp3) is 0.0714. The third-order valence-electron chi connectivity index (χ3n) is 3.15. The number of aryl methyl sites for hydroxylation is 1. The van der Waals surface area contributed by atoms with Gasteiger partial charge in [-0.3, -0.25) is 0 Å². The summed E-state index contributed by atoms with van der Waals surface area (Å²) in [7, 11) is -3.64. The van der Waals surface area contributed by atoms with Gasteiger partial charge >= 0.3 is 0 Å². The number of hydrogen-bond acceptors (Lipinski definition) is 3. The summed E-state index contributed by atoms with van der Waals surface area (Å²) in [6.45, 7) is 1.67. The van der Waals surface area contributed by atoms with Crippen LogP contribution in [0.25, 0.3) is 10.8 Å². The molecule has 20 heavy (non-hydrogen) atoms. The largest absolute Gasteiger partial charge is 0.269 e. The highest BCUT2D eigenvalue weighted by Crippen LogP contribution is 2.30. The number of benzene rings is 2. The zero-order valence-electron chi connectivity index (χ0n) is 10.6. The van der Waals surface area contributed by atoms with Crippen LogP contribution in [0.4, 0.5) is 0 Å². The normalized spacial score (nSPS) is 11.9. The van der Waals surface area contributed by atoms with Crippen LogP contribution in [0.15, 0.2) is 58.2 Å². The summed E-state index contributed by atoms with van der Waals surface area (Å²) < 4.78 is 27.6. The van der Waals surface area contributed by atoms with E-state index in [2.05, 4.69) is 20.9 Å². The van der Waals surface area contributed by atoms with E-state index in [1.165, 1.54) is 16.4 Å². The summed E-state index contributed by atoms with van der Waals surface area (Å²) in [6, 6.07) is 10.8. The van der Waals surface area contributed by atoms with Crippen LogP contribution in [0.1, 0.15) is 5.82 Å². The molecule has 0 aliphatic carbocycles. The molecule has 0 radical (unpaired) electrons. The minimum Gasteiger partial charge on any atom is -0.241 e. The van der Waals surface area contributed by atoms with Crippen molar-refractivity contribution in [2.45, 2.75) is 11.8 Å². The summed E-state index contributed by atoms with van der Waals surface area (Å²) in [5, 5.41) is 1.56. The van der Waals surface area contributed by atoms with Crippen LogP contribution >= 0.6 is 15.9 Å². The highest BCUT2D eigenvalue weighted by Gasteiger charge is 2.21. The van der Waals surface area contributed by atoms with Crippen molar-refractivity contribution in [3.8, 4) is 0 Å². The molecule has 6 heteroatoms. The summed E-state index contributed by atoms with van der Waals surface area (Å²) >= 11 is 3.45. The number of imidazole rings is 1. The van der Waals surface area contributed by atoms with Gasteiger partial charge in [0.2, 0.25) is 0 Å². The number of nitrogens with zero attached hydrogens (tertiary/aromatic N) is 2. The number of hydrogen-bond donors (Lipinski definition) is 0. The molecule has 0 spiro atoms. The Balaban J connectivity index is 2.36. The average Bonchev–Trinajstić information content (AvgIpc) is 2.86. The van der Waals surface area contributed by atoms with Gasteiger partial charge in [0.15, 0.2) is 0 Å². The first-order chi connectivity index (χ1) is 9.51. The molecule has 1 heterocycles. The smallest absolute Gasteiger partial charge is 0.241 e. The van der Waals surface area contributed by atoms with Gasteiger partial charge in [-0.25, -0.2) is 17.4 Å². The van der Waals surface area contributed by atoms with Gasteiger partial charge in [-0.1, -0.05) is 40.2 Å². The third kappa shape index (κ3) is 1.96. The van der Waals surface area contributed by atoms with E-state index in [0.717, 1.165) is 9.86 Å². The minimum absolute atomic E-state index is 0.275. The highest BCUT2D eigenvalue weighted by molar-refractivity contribution is 9.10. The van der Waals surface area contributed by atoms with Crippen molar-refractivity contribution in [1.82, 2.24) is 8.96 Å². The molecule has 0 saturated carbocycles. The molecule has 4 nitrogen and oxygen atoms in total. The van der Waals surface area contributed by atoms with Gasteiger partial charge in [0.1, 0.15) is 5.82 Å². The predicted molar refractivity (Wildman–Crippen MR) is 81.2 cm³/mol. The van der Waals surface area contributed by atoms with Crippen molar-refractivity contribution in [3.05, 3.63) is 59.1 Å². The summed E-state index contributed by atoms with van der Waals surface area (Å²) in [6.07, 6.45) is 2.94. The van der Waals surface area contributed by atoms with Crippen molar-refractivity contribution < 1.29 is 8.42 Å². The van der Waals surface area contributed by atoms with E-state index in [0.29, 0.717) is 11.2 Å². The van der Waals surface area contributed by atoms with Gasteiger partial charge in [-0.05, 0) is 24.4 Å². The molecule has 0 N–H and O–H groups in total. The van der Waals surface area contributed by atoms with Crippen LogP contribution in [0.5, 0.6) is 0 Å². The van der Waals surface area contributed by atoms with Crippen molar-refractivity contribution >= 4 is 36.7 Å². The molecule has 0 amide bonds. The second-order valence-corrected chi connectivity index (χ2v) is 7.00. The Morgan fingerprint density at radius 2 is 1.80 bits per heavy atom. The van der Waals surface area contributed by atoms with Crippen LogP contribution in [0.3, 0.4) is 0 Å². The minimum atomic E-state index is -3.64. The van der Waals surface area contributed by atoms with Gasteiger partial charge in [0, 0.05) is 22.3 Å². The quantitative estimate of drug-likeness (QED) is 0.712. The van der Waals surface area contributed by atoms with Gasteiger partial charge in [0.25, 0.3) is 10.0 Å². The molecule has 0 bridgehead atoms. The molecule has 0 aliphatic heterocycles. The third-order valence-corrected chi connectivity index (χ3v) is 5.66. The molecule has 0 saturated heterocycles. The molecule has 0 fully saturated rings. The Bertz CT molecular complexity index is 900. The monoisotopic (exact) mass is 350 g/mol. The van der Waals surface area contributed by atoms with Crippen LogP contribution in [0.2, 0.25) is 0 Å². The van der Waals surface area contributed by atoms with Crippen molar-refractivity contribution in [3.63, 3.8) is 0 Å². The van der Waals surface area contributed by atoms with Crippen molar-refractivity contribution in [2.75, 3.05) is 0 Å². The first kappa shape index (κ1) is 13.3. The van der Waals surface area contributed by atoms with E-state index < -0.39 is 10.0 Å². The molecule has 1 aromatic heterocycles. The lowest BCUT2D eigenvalue weighted by atomic mass is 10.1. The van der Waals surface area contributed by atoms with E-state index in [1.807, 2.05) is 18.2 Å². The van der Waals surface area contributed by atoms with E-state index >= 15 is 0 Å². The van der Waals surface area contributed by atoms with Crippen LogP contribution in [-0.4, -0.2) is 17.4 Å². The summed E-state index contributed by atoms with van der Waals surface area (Å²) in [5.41, 5.74) is 0. The van der Waals surface area contributed by atoms with E-state index in [-0.39, 0.29) is 4.90 Å². The Hall–Kier alpha value is -1.66. The highest BCUT2D eigenvalue weighted by atomic mass is 79.9. The van der Waals surface area contributed by atoms with E-state index in [4.69, 9.17) is 0 Å². The van der Waals surface area contributed by atoms with Crippen molar-refractivity contribution in [2.24, 2.45) is 0 Å². The maximum absolute atomic E-state index is 12.7. The number of fused-ring (bicyclic) bond motifs is 1. The number of halogens is 1. The summed E-state index contributed by atoms with van der Waals surface area (Å²) in [5.74, 6) is 0.442. The van der Waals surface area contributed by atoms with Crippen LogP contribution < -0.4 is 0 Å². The molecule has 0 aliphatic rings. The SMILES string of the molecule is Cc1nccn1S(=O)(=O)c1ccc(Br)c2ccccc12. The second-order valence-electron chi connectivity index (χ2n) is 4.37. The van der Waals surface area contributed by atoms with Crippen molar-refractivity contribution in [1.29, 1.82) is 0 Å². The number of rotatable bonds is 2. The average molecular weight is 351 g/mol. The Kier molecular flexibility index (Phi) is 3.14. The Morgan fingerprint density at radius 3 is 2.45 bits per heavy atom. The molecule has 3 rings (SSSR count). The van der Waals surface area contributed by atoms with Gasteiger partial charge < -0.3 is 0 Å².